The van der Waals surface area contributed by atoms with Gasteiger partial charge >= 0.3 is 0 Å². The maximum absolute atomic E-state index is 5.65. The van der Waals surface area contributed by atoms with E-state index in [0.717, 1.165) is 51.5 Å². The summed E-state index contributed by atoms with van der Waals surface area (Å²) in [6, 6.07) is 10.4. The van der Waals surface area contributed by atoms with Crippen molar-refractivity contribution in [2.45, 2.75) is 19.3 Å². The molecule has 1 aromatic carbocycles. The first-order valence-corrected chi connectivity index (χ1v) is 7.54. The molecule has 0 atom stereocenters. The van der Waals surface area contributed by atoms with E-state index in [0.29, 0.717) is 0 Å². The Morgan fingerprint density at radius 2 is 2.00 bits per heavy atom. The number of nitrogens with one attached hydrogen (secondary N) is 2. The Balaban J connectivity index is 1.94. The Kier molecular flexibility index (Phi) is 9.83. The van der Waals surface area contributed by atoms with Crippen molar-refractivity contribution in [3.05, 3.63) is 48.6 Å². The quantitative estimate of drug-likeness (QED) is 0.301. The first-order valence-electron chi connectivity index (χ1n) is 7.54. The normalized spacial score (nSPS) is 11.2. The molecule has 0 aliphatic heterocycles. The number of aliphatic imine (C=N–C) groups is 1. The first kappa shape index (κ1) is 17.2. The van der Waals surface area contributed by atoms with E-state index in [1.165, 1.54) is 5.56 Å². The molecule has 0 spiro atoms. The van der Waals surface area contributed by atoms with E-state index >= 15 is 0 Å². The fourth-order valence-corrected chi connectivity index (χ4v) is 1.86. The van der Waals surface area contributed by atoms with Crippen LogP contribution in [0.5, 0.6) is 0 Å². The van der Waals surface area contributed by atoms with E-state index in [1.54, 1.807) is 7.05 Å². The Morgan fingerprint density at radius 1 is 1.19 bits per heavy atom. The van der Waals surface area contributed by atoms with Gasteiger partial charge in [0.2, 0.25) is 0 Å². The lowest BCUT2D eigenvalue weighted by Gasteiger charge is -2.10. The number of ether oxygens (including phenoxy) is 1. The summed E-state index contributed by atoms with van der Waals surface area (Å²) >= 11 is 0. The summed E-state index contributed by atoms with van der Waals surface area (Å²) in [7, 11) is 1.77. The van der Waals surface area contributed by atoms with Gasteiger partial charge in [-0.25, -0.2) is 0 Å². The maximum Gasteiger partial charge on any atom is 0.191 e. The molecule has 116 valence electrons. The highest BCUT2D eigenvalue weighted by molar-refractivity contribution is 5.79. The van der Waals surface area contributed by atoms with Gasteiger partial charge in [0.1, 0.15) is 0 Å². The summed E-state index contributed by atoms with van der Waals surface area (Å²) in [5, 5.41) is 6.39. The largest absolute Gasteiger partial charge is 0.381 e. The van der Waals surface area contributed by atoms with Crippen molar-refractivity contribution in [2.24, 2.45) is 4.99 Å². The van der Waals surface area contributed by atoms with Gasteiger partial charge in [0, 0.05) is 26.7 Å². The molecule has 0 saturated heterocycles. The van der Waals surface area contributed by atoms with Gasteiger partial charge in [0.15, 0.2) is 5.96 Å². The van der Waals surface area contributed by atoms with Gasteiger partial charge in [-0.2, -0.15) is 0 Å². The first-order chi connectivity index (χ1) is 10.4. The predicted octanol–water partition coefficient (Wildman–Crippen LogP) is 2.38. The van der Waals surface area contributed by atoms with Crippen LogP contribution in [-0.2, 0) is 11.2 Å². The standard InChI is InChI=1S/C17H27N3O/c1-3-12-19-17(18-2)20-13-7-8-14-21-15-11-16-9-5-4-6-10-16/h3-6,9-10H,1,7-8,11-15H2,2H3,(H2,18,19,20). The summed E-state index contributed by atoms with van der Waals surface area (Å²) in [6.45, 7) is 6.90. The number of hydrogen-bond donors (Lipinski definition) is 2. The zero-order chi connectivity index (χ0) is 15.2. The van der Waals surface area contributed by atoms with Crippen LogP contribution in [0.15, 0.2) is 48.0 Å². The molecule has 0 unspecified atom stereocenters. The molecule has 0 aliphatic carbocycles. The average molecular weight is 289 g/mol. The summed E-state index contributed by atoms with van der Waals surface area (Å²) < 4.78 is 5.65. The van der Waals surface area contributed by atoms with Gasteiger partial charge in [0.25, 0.3) is 0 Å². The van der Waals surface area contributed by atoms with Gasteiger partial charge in [-0.1, -0.05) is 36.4 Å². The lowest BCUT2D eigenvalue weighted by Crippen LogP contribution is -2.37. The second-order valence-corrected chi connectivity index (χ2v) is 4.72. The Morgan fingerprint density at radius 3 is 2.71 bits per heavy atom. The van der Waals surface area contributed by atoms with Crippen molar-refractivity contribution in [1.29, 1.82) is 0 Å². The van der Waals surface area contributed by atoms with Crippen molar-refractivity contribution >= 4 is 5.96 Å². The molecule has 0 saturated carbocycles. The maximum atomic E-state index is 5.65. The molecule has 1 aromatic rings. The molecule has 1 rings (SSSR count). The van der Waals surface area contributed by atoms with E-state index in [1.807, 2.05) is 12.1 Å². The second-order valence-electron chi connectivity index (χ2n) is 4.72. The number of nitrogens with zero attached hydrogens (tertiary/aromatic N) is 1. The van der Waals surface area contributed by atoms with Crippen LogP contribution in [-0.4, -0.2) is 39.3 Å². The Bertz CT molecular complexity index is 404. The molecular formula is C17H27N3O. The molecule has 21 heavy (non-hydrogen) atoms. The van der Waals surface area contributed by atoms with Crippen LogP contribution in [0.4, 0.5) is 0 Å². The fraction of sp³-hybridized carbons (Fsp3) is 0.471. The van der Waals surface area contributed by atoms with Crippen molar-refractivity contribution in [2.75, 3.05) is 33.4 Å². The highest BCUT2D eigenvalue weighted by atomic mass is 16.5. The summed E-state index contributed by atoms with van der Waals surface area (Å²) in [5.41, 5.74) is 1.33. The monoisotopic (exact) mass is 289 g/mol. The van der Waals surface area contributed by atoms with Crippen LogP contribution in [0.3, 0.4) is 0 Å². The van der Waals surface area contributed by atoms with Gasteiger partial charge in [-0.3, -0.25) is 4.99 Å². The molecule has 4 heteroatoms. The highest BCUT2D eigenvalue weighted by Crippen LogP contribution is 2.00. The minimum Gasteiger partial charge on any atom is -0.381 e. The third-order valence-electron chi connectivity index (χ3n) is 3.02. The fourth-order valence-electron chi connectivity index (χ4n) is 1.86. The summed E-state index contributed by atoms with van der Waals surface area (Å²) in [5.74, 6) is 0.819. The minimum absolute atomic E-state index is 0.724. The van der Waals surface area contributed by atoms with Crippen molar-refractivity contribution in [1.82, 2.24) is 10.6 Å². The highest BCUT2D eigenvalue weighted by Gasteiger charge is 1.95. The third-order valence-corrected chi connectivity index (χ3v) is 3.02. The zero-order valence-corrected chi connectivity index (χ0v) is 13.0. The van der Waals surface area contributed by atoms with Crippen LogP contribution >= 0.6 is 0 Å². The van der Waals surface area contributed by atoms with E-state index in [4.69, 9.17) is 4.74 Å². The lowest BCUT2D eigenvalue weighted by molar-refractivity contribution is 0.133. The van der Waals surface area contributed by atoms with E-state index < -0.39 is 0 Å². The van der Waals surface area contributed by atoms with Gasteiger partial charge in [0.05, 0.1) is 6.61 Å². The zero-order valence-electron chi connectivity index (χ0n) is 13.0. The van der Waals surface area contributed by atoms with E-state index in [-0.39, 0.29) is 0 Å². The second kappa shape index (κ2) is 12.0. The third kappa shape index (κ3) is 8.87. The Labute approximate surface area is 128 Å². The summed E-state index contributed by atoms with van der Waals surface area (Å²) in [6.07, 6.45) is 4.92. The topological polar surface area (TPSA) is 45.7 Å². The van der Waals surface area contributed by atoms with Crippen LogP contribution in [0, 0.1) is 0 Å². The molecule has 0 radical (unpaired) electrons. The SMILES string of the molecule is C=CCNC(=NC)NCCCCOCCc1ccccc1. The van der Waals surface area contributed by atoms with E-state index in [2.05, 4.69) is 46.5 Å². The molecule has 4 nitrogen and oxygen atoms in total. The lowest BCUT2D eigenvalue weighted by atomic mass is 10.2. The van der Waals surface area contributed by atoms with Gasteiger partial charge in [-0.15, -0.1) is 6.58 Å². The van der Waals surface area contributed by atoms with Crippen molar-refractivity contribution in [3.8, 4) is 0 Å². The molecule has 0 heterocycles. The smallest absolute Gasteiger partial charge is 0.191 e. The molecule has 2 N–H and O–H groups in total. The molecule has 0 aromatic heterocycles. The van der Waals surface area contributed by atoms with Crippen molar-refractivity contribution in [3.63, 3.8) is 0 Å². The van der Waals surface area contributed by atoms with Gasteiger partial charge in [-0.05, 0) is 24.8 Å². The van der Waals surface area contributed by atoms with E-state index in [9.17, 15) is 0 Å². The van der Waals surface area contributed by atoms with Crippen molar-refractivity contribution < 1.29 is 4.74 Å². The number of rotatable bonds is 10. The summed E-state index contributed by atoms with van der Waals surface area (Å²) in [4.78, 5) is 4.12. The predicted molar refractivity (Wildman–Crippen MR) is 89.8 cm³/mol. The molecule has 0 aliphatic rings. The van der Waals surface area contributed by atoms with Crippen LogP contribution < -0.4 is 10.6 Å². The molecule has 0 bridgehead atoms. The van der Waals surface area contributed by atoms with Gasteiger partial charge < -0.3 is 15.4 Å². The average Bonchev–Trinajstić information content (AvgIpc) is 2.53. The molecular weight excluding hydrogens is 262 g/mol. The number of hydrogen-bond acceptors (Lipinski definition) is 2. The molecule has 0 fully saturated rings. The van der Waals surface area contributed by atoms with Crippen LogP contribution in [0.2, 0.25) is 0 Å². The molecule has 0 amide bonds. The van der Waals surface area contributed by atoms with Crippen LogP contribution in [0.25, 0.3) is 0 Å². The van der Waals surface area contributed by atoms with Crippen LogP contribution in [0.1, 0.15) is 18.4 Å². The number of unbranched alkanes of at least 4 members (excludes halogenated alkanes) is 1. The minimum atomic E-state index is 0.724. The Hall–Kier alpha value is -1.81. The number of guanidine groups is 1. The number of benzene rings is 1.